The number of fused-ring (bicyclic) bond motifs is 1. The minimum absolute atomic E-state index is 0.249. The molecule has 5 rings (SSSR count). The molecule has 0 unspecified atom stereocenters. The number of anilines is 4. The molecule has 182 valence electrons. The van der Waals surface area contributed by atoms with E-state index in [0.29, 0.717) is 28.7 Å². The second-order valence-electron chi connectivity index (χ2n) is 8.82. The van der Waals surface area contributed by atoms with Crippen LogP contribution >= 0.6 is 11.6 Å². The van der Waals surface area contributed by atoms with Crippen LogP contribution < -0.4 is 21.7 Å². The Morgan fingerprint density at radius 1 is 1.11 bits per heavy atom. The van der Waals surface area contributed by atoms with Gasteiger partial charge in [0.05, 0.1) is 11.9 Å². The maximum absolute atomic E-state index is 13.1. The van der Waals surface area contributed by atoms with Gasteiger partial charge < -0.3 is 21.7 Å². The van der Waals surface area contributed by atoms with Crippen molar-refractivity contribution in [2.75, 3.05) is 16.0 Å². The lowest BCUT2D eigenvalue weighted by Gasteiger charge is -2.27. The van der Waals surface area contributed by atoms with E-state index in [2.05, 4.69) is 31.0 Å². The third-order valence-corrected chi connectivity index (χ3v) is 6.39. The van der Waals surface area contributed by atoms with Crippen LogP contribution in [0.1, 0.15) is 41.9 Å². The van der Waals surface area contributed by atoms with Gasteiger partial charge in [0.15, 0.2) is 17.2 Å². The SMILES string of the molecule is Cc1cc(Nc2cc(N[C@H]3CC[C@H](N)CC3)nn3c(C(=O)Nc4ccnc(Cl)c4)cnc23)nn1C. The molecule has 4 aromatic rings. The molecule has 0 aromatic carbocycles. The molecule has 1 aliphatic carbocycles. The number of hydrogen-bond donors (Lipinski definition) is 4. The van der Waals surface area contributed by atoms with Crippen molar-refractivity contribution in [1.29, 1.82) is 0 Å². The molecule has 1 saturated carbocycles. The first kappa shape index (κ1) is 23.1. The number of aromatic nitrogens is 6. The standard InChI is InChI=1S/C23H27ClN10O/c1-13-9-20(31-33(13)2)30-17-11-21(28-15-5-3-14(25)4-6-15)32-34-18(12-27-22(17)34)23(35)29-16-7-8-26-19(24)10-16/h7-12,14-15H,3-6,25H2,1-2H3,(H,28,32)(H,30,31)(H,26,29,35)/t14-,15-. The zero-order valence-corrected chi connectivity index (χ0v) is 20.3. The zero-order valence-electron chi connectivity index (χ0n) is 19.5. The zero-order chi connectivity index (χ0) is 24.5. The fourth-order valence-electron chi connectivity index (χ4n) is 4.19. The topological polar surface area (TPSA) is 140 Å². The van der Waals surface area contributed by atoms with Gasteiger partial charge in [0.1, 0.15) is 11.0 Å². The summed E-state index contributed by atoms with van der Waals surface area (Å²) in [5.41, 5.74) is 9.07. The third kappa shape index (κ3) is 5.05. The summed E-state index contributed by atoms with van der Waals surface area (Å²) in [6.45, 7) is 1.98. The minimum Gasteiger partial charge on any atom is -0.366 e. The van der Waals surface area contributed by atoms with Crippen LogP contribution in [-0.4, -0.2) is 47.4 Å². The third-order valence-electron chi connectivity index (χ3n) is 6.19. The van der Waals surface area contributed by atoms with Gasteiger partial charge in [-0.3, -0.25) is 9.48 Å². The van der Waals surface area contributed by atoms with Crippen LogP contribution in [0.3, 0.4) is 0 Å². The number of nitrogens with zero attached hydrogens (tertiary/aromatic N) is 6. The molecule has 35 heavy (non-hydrogen) atoms. The number of amides is 1. The predicted octanol–water partition coefficient (Wildman–Crippen LogP) is 3.50. The van der Waals surface area contributed by atoms with Crippen molar-refractivity contribution in [3.63, 3.8) is 0 Å². The molecule has 1 amide bonds. The normalized spacial score (nSPS) is 17.9. The van der Waals surface area contributed by atoms with Gasteiger partial charge in [0.2, 0.25) is 0 Å². The fraction of sp³-hybridized carbons (Fsp3) is 0.348. The highest BCUT2D eigenvalue weighted by Gasteiger charge is 2.22. The average molecular weight is 495 g/mol. The molecule has 0 aliphatic heterocycles. The quantitative estimate of drug-likeness (QED) is 0.298. The van der Waals surface area contributed by atoms with Gasteiger partial charge in [-0.2, -0.15) is 5.10 Å². The van der Waals surface area contributed by atoms with Crippen LogP contribution in [-0.2, 0) is 7.05 Å². The van der Waals surface area contributed by atoms with Crippen molar-refractivity contribution in [3.05, 3.63) is 53.2 Å². The second kappa shape index (κ2) is 9.51. The molecule has 1 aliphatic rings. The van der Waals surface area contributed by atoms with E-state index in [1.54, 1.807) is 16.8 Å². The highest BCUT2D eigenvalue weighted by molar-refractivity contribution is 6.29. The number of imidazole rings is 1. The highest BCUT2D eigenvalue weighted by atomic mass is 35.5. The molecular formula is C23H27ClN10O. The molecule has 0 bridgehead atoms. The highest BCUT2D eigenvalue weighted by Crippen LogP contribution is 2.27. The molecule has 0 radical (unpaired) electrons. The Bertz CT molecular complexity index is 1350. The van der Waals surface area contributed by atoms with Crippen LogP contribution in [0, 0.1) is 6.92 Å². The minimum atomic E-state index is -0.368. The molecule has 5 N–H and O–H groups in total. The molecule has 4 aromatic heterocycles. The van der Waals surface area contributed by atoms with E-state index in [4.69, 9.17) is 22.4 Å². The van der Waals surface area contributed by atoms with E-state index in [1.807, 2.05) is 26.1 Å². The molecule has 0 saturated heterocycles. The van der Waals surface area contributed by atoms with Crippen molar-refractivity contribution in [3.8, 4) is 0 Å². The average Bonchev–Trinajstić information content (AvgIpc) is 3.38. The van der Waals surface area contributed by atoms with Gasteiger partial charge in [0.25, 0.3) is 5.91 Å². The lowest BCUT2D eigenvalue weighted by atomic mass is 9.92. The number of carbonyl (C=O) groups is 1. The van der Waals surface area contributed by atoms with E-state index in [1.165, 1.54) is 16.9 Å². The molecular weight excluding hydrogens is 468 g/mol. The summed E-state index contributed by atoms with van der Waals surface area (Å²) in [5.74, 6) is 0.938. The lowest BCUT2D eigenvalue weighted by molar-refractivity contribution is 0.102. The monoisotopic (exact) mass is 494 g/mol. The summed E-state index contributed by atoms with van der Waals surface area (Å²) in [7, 11) is 1.88. The number of hydrogen-bond acceptors (Lipinski definition) is 8. The number of rotatable bonds is 6. The van der Waals surface area contributed by atoms with E-state index >= 15 is 0 Å². The molecule has 11 nitrogen and oxygen atoms in total. The van der Waals surface area contributed by atoms with E-state index < -0.39 is 0 Å². The van der Waals surface area contributed by atoms with Crippen molar-refractivity contribution >= 4 is 46.2 Å². The number of pyridine rings is 1. The first-order valence-electron chi connectivity index (χ1n) is 11.5. The molecule has 0 spiro atoms. The molecule has 1 fully saturated rings. The van der Waals surface area contributed by atoms with E-state index in [-0.39, 0.29) is 28.8 Å². The Labute approximate surface area is 207 Å². The van der Waals surface area contributed by atoms with Gasteiger partial charge in [-0.25, -0.2) is 14.5 Å². The van der Waals surface area contributed by atoms with Crippen LogP contribution in [0.4, 0.5) is 23.0 Å². The van der Waals surface area contributed by atoms with Crippen LogP contribution in [0.25, 0.3) is 5.65 Å². The van der Waals surface area contributed by atoms with Gasteiger partial charge >= 0.3 is 0 Å². The van der Waals surface area contributed by atoms with Crippen LogP contribution in [0.5, 0.6) is 0 Å². The van der Waals surface area contributed by atoms with Gasteiger partial charge in [-0.05, 0) is 44.7 Å². The maximum Gasteiger partial charge on any atom is 0.276 e. The predicted molar refractivity (Wildman–Crippen MR) is 135 cm³/mol. The summed E-state index contributed by atoms with van der Waals surface area (Å²) in [5, 5.41) is 19.1. The van der Waals surface area contributed by atoms with Crippen molar-refractivity contribution < 1.29 is 4.79 Å². The summed E-state index contributed by atoms with van der Waals surface area (Å²) < 4.78 is 3.32. The van der Waals surface area contributed by atoms with Gasteiger partial charge in [-0.1, -0.05) is 11.6 Å². The largest absolute Gasteiger partial charge is 0.366 e. The molecule has 0 atom stereocenters. The Morgan fingerprint density at radius 3 is 2.63 bits per heavy atom. The maximum atomic E-state index is 13.1. The number of nitrogens with two attached hydrogens (primary N) is 1. The van der Waals surface area contributed by atoms with Crippen molar-refractivity contribution in [1.82, 2.24) is 29.4 Å². The first-order chi connectivity index (χ1) is 16.9. The summed E-state index contributed by atoms with van der Waals surface area (Å²) >= 11 is 5.96. The van der Waals surface area contributed by atoms with Gasteiger partial charge in [0, 0.05) is 48.8 Å². The van der Waals surface area contributed by atoms with E-state index in [0.717, 1.165) is 31.4 Å². The number of halogens is 1. The van der Waals surface area contributed by atoms with Crippen molar-refractivity contribution in [2.24, 2.45) is 12.8 Å². The van der Waals surface area contributed by atoms with Crippen LogP contribution in [0.2, 0.25) is 5.15 Å². The number of aryl methyl sites for hydroxylation is 2. The molecule has 4 heterocycles. The summed E-state index contributed by atoms with van der Waals surface area (Å²) in [6, 6.07) is 7.58. The Hall–Kier alpha value is -3.70. The van der Waals surface area contributed by atoms with Crippen LogP contribution in [0.15, 0.2) is 36.7 Å². The fourth-order valence-corrected chi connectivity index (χ4v) is 4.37. The Balaban J connectivity index is 1.50. The number of carbonyl (C=O) groups excluding carboxylic acids is 1. The number of nitrogens with one attached hydrogen (secondary N) is 3. The van der Waals surface area contributed by atoms with Crippen molar-refractivity contribution in [2.45, 2.75) is 44.7 Å². The smallest absolute Gasteiger partial charge is 0.276 e. The van der Waals surface area contributed by atoms with Gasteiger partial charge in [-0.15, -0.1) is 5.10 Å². The summed E-state index contributed by atoms with van der Waals surface area (Å²) in [4.78, 5) is 21.5. The Morgan fingerprint density at radius 2 is 1.91 bits per heavy atom. The molecule has 12 heteroatoms. The van der Waals surface area contributed by atoms with E-state index in [9.17, 15) is 4.79 Å². The lowest BCUT2D eigenvalue weighted by Crippen LogP contribution is -2.33. The Kier molecular flexibility index (Phi) is 6.27. The second-order valence-corrected chi connectivity index (χ2v) is 9.21. The first-order valence-corrected chi connectivity index (χ1v) is 11.8. The summed E-state index contributed by atoms with van der Waals surface area (Å²) in [6.07, 6.45) is 6.88.